The summed E-state index contributed by atoms with van der Waals surface area (Å²) in [6.45, 7) is 0. The highest BCUT2D eigenvalue weighted by Crippen LogP contribution is 2.23. The Kier molecular flexibility index (Phi) is 5.25. The molecule has 0 aromatic heterocycles. The van der Waals surface area contributed by atoms with E-state index < -0.39 is 11.6 Å². The van der Waals surface area contributed by atoms with Crippen molar-refractivity contribution in [1.29, 1.82) is 0 Å². The van der Waals surface area contributed by atoms with Crippen LogP contribution in [-0.4, -0.2) is 18.8 Å². The molecule has 0 fully saturated rings. The van der Waals surface area contributed by atoms with E-state index in [1.54, 1.807) is 0 Å². The number of methoxy groups -OCH3 is 1. The maximum Gasteiger partial charge on any atom is 0.305 e. The van der Waals surface area contributed by atoms with Crippen molar-refractivity contribution in [3.63, 3.8) is 0 Å². The van der Waals surface area contributed by atoms with Crippen LogP contribution in [0.15, 0.2) is 23.1 Å². The Bertz CT molecular complexity index is 369. The number of carbonyl (C=O) groups is 1. The smallest absolute Gasteiger partial charge is 0.305 e. The normalized spacial score (nSPS) is 10.2. The van der Waals surface area contributed by atoms with Crippen molar-refractivity contribution in [3.8, 4) is 0 Å². The van der Waals surface area contributed by atoms with E-state index in [0.29, 0.717) is 23.5 Å². The molecule has 2 nitrogen and oxygen atoms in total. The van der Waals surface area contributed by atoms with E-state index in [1.807, 2.05) is 0 Å². The van der Waals surface area contributed by atoms with Crippen LogP contribution in [0.4, 0.5) is 8.78 Å². The summed E-state index contributed by atoms with van der Waals surface area (Å²) >= 11 is 1.26. The standard InChI is InChI=1S/C11H12F2O2S/c1-15-11(14)3-2-6-16-10-5-4-8(12)7-9(10)13/h4-5,7H,2-3,6H2,1H3. The molecule has 0 heterocycles. The minimum Gasteiger partial charge on any atom is -0.469 e. The summed E-state index contributed by atoms with van der Waals surface area (Å²) < 4.78 is 30.2. The fourth-order valence-electron chi connectivity index (χ4n) is 1.09. The highest BCUT2D eigenvalue weighted by atomic mass is 32.2. The fraction of sp³-hybridized carbons (Fsp3) is 0.364. The minimum atomic E-state index is -0.587. The molecule has 0 unspecified atom stereocenters. The van der Waals surface area contributed by atoms with Crippen LogP contribution in [0.2, 0.25) is 0 Å². The predicted molar refractivity (Wildman–Crippen MR) is 58.3 cm³/mol. The van der Waals surface area contributed by atoms with Gasteiger partial charge >= 0.3 is 5.97 Å². The van der Waals surface area contributed by atoms with Crippen molar-refractivity contribution in [1.82, 2.24) is 0 Å². The first-order valence-electron chi connectivity index (χ1n) is 4.78. The number of hydrogen-bond donors (Lipinski definition) is 0. The van der Waals surface area contributed by atoms with Crippen LogP contribution >= 0.6 is 11.8 Å². The van der Waals surface area contributed by atoms with E-state index in [0.717, 1.165) is 6.07 Å². The maximum atomic E-state index is 13.2. The van der Waals surface area contributed by atoms with Gasteiger partial charge in [0.2, 0.25) is 0 Å². The number of benzene rings is 1. The van der Waals surface area contributed by atoms with Gasteiger partial charge in [-0.15, -0.1) is 11.8 Å². The van der Waals surface area contributed by atoms with Gasteiger partial charge in [-0.05, 0) is 24.3 Å². The van der Waals surface area contributed by atoms with Gasteiger partial charge in [-0.2, -0.15) is 0 Å². The Balaban J connectivity index is 2.35. The van der Waals surface area contributed by atoms with Crippen LogP contribution in [0.5, 0.6) is 0 Å². The lowest BCUT2D eigenvalue weighted by Gasteiger charge is -2.02. The van der Waals surface area contributed by atoms with Crippen molar-refractivity contribution in [2.75, 3.05) is 12.9 Å². The van der Waals surface area contributed by atoms with E-state index in [9.17, 15) is 13.6 Å². The molecule has 0 aliphatic heterocycles. The third kappa shape index (κ3) is 4.18. The molecule has 16 heavy (non-hydrogen) atoms. The molecular weight excluding hydrogens is 234 g/mol. The van der Waals surface area contributed by atoms with Crippen molar-refractivity contribution in [2.45, 2.75) is 17.7 Å². The molecule has 1 aromatic carbocycles. The van der Waals surface area contributed by atoms with Crippen molar-refractivity contribution >= 4 is 17.7 Å². The highest BCUT2D eigenvalue weighted by molar-refractivity contribution is 7.99. The molecule has 0 saturated carbocycles. The predicted octanol–water partition coefficient (Wildman–Crippen LogP) is 3.01. The first kappa shape index (κ1) is 13.0. The molecule has 0 aliphatic carbocycles. The van der Waals surface area contributed by atoms with Gasteiger partial charge in [-0.1, -0.05) is 0 Å². The second kappa shape index (κ2) is 6.48. The number of hydrogen-bond acceptors (Lipinski definition) is 3. The topological polar surface area (TPSA) is 26.3 Å². The van der Waals surface area contributed by atoms with E-state index in [1.165, 1.54) is 31.0 Å². The molecule has 0 saturated heterocycles. The summed E-state index contributed by atoms with van der Waals surface area (Å²) in [6.07, 6.45) is 0.917. The Labute approximate surface area is 97.0 Å². The van der Waals surface area contributed by atoms with Gasteiger partial charge in [-0.25, -0.2) is 8.78 Å². The van der Waals surface area contributed by atoms with Gasteiger partial charge in [0.05, 0.1) is 7.11 Å². The molecule has 0 bridgehead atoms. The number of rotatable bonds is 5. The number of carbonyl (C=O) groups excluding carboxylic acids is 1. The van der Waals surface area contributed by atoms with Gasteiger partial charge < -0.3 is 4.74 Å². The highest BCUT2D eigenvalue weighted by Gasteiger charge is 2.05. The van der Waals surface area contributed by atoms with Crippen LogP contribution < -0.4 is 0 Å². The van der Waals surface area contributed by atoms with Crippen LogP contribution in [0, 0.1) is 11.6 Å². The molecule has 0 aliphatic rings. The molecule has 88 valence electrons. The van der Waals surface area contributed by atoms with Crippen LogP contribution in [0.1, 0.15) is 12.8 Å². The molecule has 0 amide bonds. The summed E-state index contributed by atoms with van der Waals surface area (Å²) in [7, 11) is 1.33. The Hall–Kier alpha value is -1.10. The third-order valence-electron chi connectivity index (χ3n) is 1.90. The molecule has 0 atom stereocenters. The molecule has 0 radical (unpaired) electrons. The Morgan fingerprint density at radius 1 is 1.44 bits per heavy atom. The fourth-order valence-corrected chi connectivity index (χ4v) is 1.96. The first-order chi connectivity index (χ1) is 7.63. The number of thioether (sulfide) groups is 1. The number of halogens is 2. The molecule has 1 aromatic rings. The van der Waals surface area contributed by atoms with Crippen LogP contribution in [0.3, 0.4) is 0 Å². The molecule has 1 rings (SSSR count). The summed E-state index contributed by atoms with van der Waals surface area (Å²) in [5.41, 5.74) is 0. The average Bonchev–Trinajstić information content (AvgIpc) is 2.26. The summed E-state index contributed by atoms with van der Waals surface area (Å²) in [5, 5.41) is 0. The van der Waals surface area contributed by atoms with E-state index in [2.05, 4.69) is 4.74 Å². The van der Waals surface area contributed by atoms with Crippen LogP contribution in [0.25, 0.3) is 0 Å². The quantitative estimate of drug-likeness (QED) is 0.454. The Morgan fingerprint density at radius 3 is 2.81 bits per heavy atom. The lowest BCUT2D eigenvalue weighted by molar-refractivity contribution is -0.140. The number of ether oxygens (including phenoxy) is 1. The second-order valence-electron chi connectivity index (χ2n) is 3.10. The molecule has 0 spiro atoms. The zero-order chi connectivity index (χ0) is 12.0. The van der Waals surface area contributed by atoms with Crippen molar-refractivity contribution in [2.24, 2.45) is 0 Å². The van der Waals surface area contributed by atoms with Gasteiger partial charge in [0.25, 0.3) is 0 Å². The molecular formula is C11H12F2O2S. The van der Waals surface area contributed by atoms with Gasteiger partial charge in [0.15, 0.2) is 0 Å². The summed E-state index contributed by atoms with van der Waals surface area (Å²) in [4.78, 5) is 11.2. The molecule has 5 heteroatoms. The maximum absolute atomic E-state index is 13.2. The monoisotopic (exact) mass is 246 g/mol. The zero-order valence-electron chi connectivity index (χ0n) is 8.83. The summed E-state index contributed by atoms with van der Waals surface area (Å²) in [5.74, 6) is -0.836. The van der Waals surface area contributed by atoms with Crippen LogP contribution in [-0.2, 0) is 9.53 Å². The Morgan fingerprint density at radius 2 is 2.19 bits per heavy atom. The zero-order valence-corrected chi connectivity index (χ0v) is 9.65. The molecule has 0 N–H and O–H groups in total. The SMILES string of the molecule is COC(=O)CCCSc1ccc(F)cc1F. The van der Waals surface area contributed by atoms with E-state index in [4.69, 9.17) is 0 Å². The lowest BCUT2D eigenvalue weighted by Crippen LogP contribution is -2.00. The average molecular weight is 246 g/mol. The largest absolute Gasteiger partial charge is 0.469 e. The lowest BCUT2D eigenvalue weighted by atomic mass is 10.3. The number of esters is 1. The van der Waals surface area contributed by atoms with E-state index in [-0.39, 0.29) is 5.97 Å². The third-order valence-corrected chi connectivity index (χ3v) is 3.04. The first-order valence-corrected chi connectivity index (χ1v) is 5.76. The minimum absolute atomic E-state index is 0.278. The van der Waals surface area contributed by atoms with Gasteiger partial charge in [-0.3, -0.25) is 4.79 Å². The van der Waals surface area contributed by atoms with E-state index >= 15 is 0 Å². The van der Waals surface area contributed by atoms with Crippen molar-refractivity contribution < 1.29 is 18.3 Å². The van der Waals surface area contributed by atoms with Gasteiger partial charge in [0.1, 0.15) is 11.6 Å². The summed E-state index contributed by atoms with van der Waals surface area (Å²) in [6, 6.07) is 3.46. The van der Waals surface area contributed by atoms with Gasteiger partial charge in [0, 0.05) is 17.4 Å². The van der Waals surface area contributed by atoms with Crippen molar-refractivity contribution in [3.05, 3.63) is 29.8 Å². The second-order valence-corrected chi connectivity index (χ2v) is 4.24.